The summed E-state index contributed by atoms with van der Waals surface area (Å²) in [4.78, 5) is 0. The molecule has 0 aliphatic rings. The molecule has 1 unspecified atom stereocenters. The highest BCUT2D eigenvalue weighted by Gasteiger charge is 2.14. The van der Waals surface area contributed by atoms with Crippen LogP contribution in [0, 0.1) is 5.82 Å². The van der Waals surface area contributed by atoms with E-state index >= 15 is 0 Å². The molecule has 0 aromatic heterocycles. The molecule has 0 bridgehead atoms. The summed E-state index contributed by atoms with van der Waals surface area (Å²) in [5, 5.41) is 9.87. The van der Waals surface area contributed by atoms with E-state index in [4.69, 9.17) is 0 Å². The van der Waals surface area contributed by atoms with Gasteiger partial charge in [0.1, 0.15) is 5.82 Å². The molecule has 1 nitrogen and oxygen atoms in total. The van der Waals surface area contributed by atoms with Crippen molar-refractivity contribution in [2.24, 2.45) is 0 Å². The van der Waals surface area contributed by atoms with Gasteiger partial charge in [-0.05, 0) is 40.4 Å². The Bertz CT molecular complexity index is 363. The number of benzene rings is 1. The van der Waals surface area contributed by atoms with Gasteiger partial charge < -0.3 is 5.11 Å². The molecule has 82 valence electrons. The molecule has 0 saturated heterocycles. The Morgan fingerprint density at radius 1 is 1.60 bits per heavy atom. The zero-order chi connectivity index (χ0) is 11.4. The van der Waals surface area contributed by atoms with Gasteiger partial charge in [-0.3, -0.25) is 0 Å². The summed E-state index contributed by atoms with van der Waals surface area (Å²) >= 11 is 3.13. The van der Waals surface area contributed by atoms with E-state index in [1.165, 1.54) is 6.07 Å². The minimum atomic E-state index is -0.692. The maximum atomic E-state index is 13.2. The van der Waals surface area contributed by atoms with Crippen LogP contribution in [0.2, 0.25) is 0 Å². The molecular weight excluding hydrogens is 259 g/mol. The van der Waals surface area contributed by atoms with Crippen LogP contribution in [0.15, 0.2) is 34.8 Å². The van der Waals surface area contributed by atoms with E-state index in [9.17, 15) is 9.50 Å². The normalized spacial score (nSPS) is 12.5. The molecule has 0 radical (unpaired) electrons. The molecule has 1 rings (SSSR count). The average Bonchev–Trinajstić information content (AvgIpc) is 2.21. The first-order valence-corrected chi connectivity index (χ1v) is 5.64. The van der Waals surface area contributed by atoms with Gasteiger partial charge >= 0.3 is 0 Å². The Labute approximate surface area is 97.8 Å². The van der Waals surface area contributed by atoms with Crippen molar-refractivity contribution in [2.75, 3.05) is 0 Å². The lowest BCUT2D eigenvalue weighted by molar-refractivity contribution is 0.176. The molecule has 1 aromatic rings. The fourth-order valence-electron chi connectivity index (χ4n) is 1.31. The topological polar surface area (TPSA) is 20.2 Å². The van der Waals surface area contributed by atoms with Crippen LogP contribution in [0.4, 0.5) is 4.39 Å². The van der Waals surface area contributed by atoms with Crippen LogP contribution in [-0.4, -0.2) is 5.11 Å². The van der Waals surface area contributed by atoms with Crippen molar-refractivity contribution in [3.63, 3.8) is 0 Å². The fraction of sp³-hybridized carbons (Fsp3) is 0.333. The molecule has 0 amide bonds. The molecule has 1 aromatic carbocycles. The number of hydrogen-bond acceptors (Lipinski definition) is 1. The Hall–Kier alpha value is -0.670. The van der Waals surface area contributed by atoms with Crippen LogP contribution in [-0.2, 0) is 0 Å². The summed E-state index contributed by atoms with van der Waals surface area (Å²) in [6, 6.07) is 4.66. The molecule has 1 atom stereocenters. The quantitative estimate of drug-likeness (QED) is 0.823. The average molecular weight is 273 g/mol. The van der Waals surface area contributed by atoms with Crippen molar-refractivity contribution >= 4 is 15.9 Å². The van der Waals surface area contributed by atoms with Crippen LogP contribution >= 0.6 is 15.9 Å². The zero-order valence-electron chi connectivity index (χ0n) is 8.63. The Morgan fingerprint density at radius 2 is 2.27 bits per heavy atom. The van der Waals surface area contributed by atoms with Crippen molar-refractivity contribution in [2.45, 2.75) is 25.9 Å². The van der Waals surface area contributed by atoms with E-state index in [0.717, 1.165) is 12.0 Å². The fourth-order valence-corrected chi connectivity index (χ4v) is 1.83. The van der Waals surface area contributed by atoms with Gasteiger partial charge in [-0.25, -0.2) is 4.39 Å². The van der Waals surface area contributed by atoms with Gasteiger partial charge in [-0.2, -0.15) is 0 Å². The Balaban J connectivity index is 2.86. The molecule has 0 fully saturated rings. The highest BCUT2D eigenvalue weighted by atomic mass is 79.9. The number of rotatable bonds is 4. The lowest BCUT2D eigenvalue weighted by Crippen LogP contribution is -2.00. The van der Waals surface area contributed by atoms with Crippen molar-refractivity contribution < 1.29 is 9.50 Å². The van der Waals surface area contributed by atoms with Crippen LogP contribution in [0.3, 0.4) is 0 Å². The predicted molar refractivity (Wildman–Crippen MR) is 63.1 cm³/mol. The third-order valence-electron chi connectivity index (χ3n) is 2.32. The second-order valence-electron chi connectivity index (χ2n) is 3.47. The summed E-state index contributed by atoms with van der Waals surface area (Å²) in [6.07, 6.45) is 0.602. The zero-order valence-corrected chi connectivity index (χ0v) is 10.2. The van der Waals surface area contributed by atoms with Crippen molar-refractivity contribution in [3.8, 4) is 0 Å². The largest absolute Gasteiger partial charge is 0.388 e. The van der Waals surface area contributed by atoms with Crippen molar-refractivity contribution in [1.29, 1.82) is 0 Å². The maximum Gasteiger partial charge on any atom is 0.137 e. The minimum absolute atomic E-state index is 0.335. The molecule has 0 saturated carbocycles. The molecule has 3 heteroatoms. The van der Waals surface area contributed by atoms with Gasteiger partial charge in [0.25, 0.3) is 0 Å². The third kappa shape index (κ3) is 3.14. The first kappa shape index (κ1) is 12.4. The summed E-state index contributed by atoms with van der Waals surface area (Å²) in [5.41, 5.74) is 1.53. The van der Waals surface area contributed by atoms with Crippen LogP contribution < -0.4 is 0 Å². The Kier molecular flexibility index (Phi) is 4.48. The second-order valence-corrected chi connectivity index (χ2v) is 4.26. The number of aliphatic hydroxyl groups is 1. The van der Waals surface area contributed by atoms with E-state index in [-0.39, 0.29) is 5.82 Å². The maximum absolute atomic E-state index is 13.2. The van der Waals surface area contributed by atoms with Gasteiger partial charge in [0.15, 0.2) is 0 Å². The van der Waals surface area contributed by atoms with E-state index in [0.29, 0.717) is 16.5 Å². The molecule has 0 heterocycles. The smallest absolute Gasteiger partial charge is 0.137 e. The number of aliphatic hydroxyl groups excluding tert-OH is 1. The SMILES string of the molecule is C=C(CC)CC(O)c1cccc(F)c1Br. The van der Waals surface area contributed by atoms with Gasteiger partial charge in [-0.1, -0.05) is 31.2 Å². The van der Waals surface area contributed by atoms with Gasteiger partial charge in [0, 0.05) is 0 Å². The minimum Gasteiger partial charge on any atom is -0.388 e. The molecule has 15 heavy (non-hydrogen) atoms. The van der Waals surface area contributed by atoms with Gasteiger partial charge in [0.05, 0.1) is 10.6 Å². The van der Waals surface area contributed by atoms with Gasteiger partial charge in [0.2, 0.25) is 0 Å². The van der Waals surface area contributed by atoms with Crippen LogP contribution in [0.1, 0.15) is 31.4 Å². The highest BCUT2D eigenvalue weighted by molar-refractivity contribution is 9.10. The predicted octanol–water partition coefficient (Wildman–Crippen LogP) is 3.98. The number of halogens is 2. The third-order valence-corrected chi connectivity index (χ3v) is 3.16. The molecule has 0 spiro atoms. The summed E-state index contributed by atoms with van der Waals surface area (Å²) in [5.74, 6) is -0.353. The van der Waals surface area contributed by atoms with E-state index in [2.05, 4.69) is 22.5 Å². The van der Waals surface area contributed by atoms with E-state index in [1.807, 2.05) is 6.92 Å². The van der Waals surface area contributed by atoms with E-state index < -0.39 is 6.10 Å². The van der Waals surface area contributed by atoms with Crippen LogP contribution in [0.5, 0.6) is 0 Å². The summed E-state index contributed by atoms with van der Waals surface area (Å²) < 4.78 is 13.5. The highest BCUT2D eigenvalue weighted by Crippen LogP contribution is 2.29. The van der Waals surface area contributed by atoms with Gasteiger partial charge in [-0.15, -0.1) is 0 Å². The molecule has 0 aliphatic carbocycles. The second kappa shape index (κ2) is 5.42. The van der Waals surface area contributed by atoms with Crippen molar-refractivity contribution in [1.82, 2.24) is 0 Å². The molecule has 1 N–H and O–H groups in total. The lowest BCUT2D eigenvalue weighted by atomic mass is 10.0. The van der Waals surface area contributed by atoms with Crippen molar-refractivity contribution in [3.05, 3.63) is 46.2 Å². The molecule has 0 aliphatic heterocycles. The first-order chi connectivity index (χ1) is 7.06. The molecular formula is C12H14BrFO. The summed E-state index contributed by atoms with van der Waals surface area (Å²) in [6.45, 7) is 5.80. The number of hydrogen-bond donors (Lipinski definition) is 1. The Morgan fingerprint density at radius 3 is 2.87 bits per heavy atom. The summed E-state index contributed by atoms with van der Waals surface area (Å²) in [7, 11) is 0. The van der Waals surface area contributed by atoms with Crippen LogP contribution in [0.25, 0.3) is 0 Å². The van der Waals surface area contributed by atoms with E-state index in [1.54, 1.807) is 12.1 Å². The standard InChI is InChI=1S/C12H14BrFO/c1-3-8(2)7-11(15)9-5-4-6-10(14)12(9)13/h4-6,11,15H,2-3,7H2,1H3. The monoisotopic (exact) mass is 272 g/mol. The lowest BCUT2D eigenvalue weighted by Gasteiger charge is -2.13. The first-order valence-electron chi connectivity index (χ1n) is 4.84.